The number of nitrogens with zero attached hydrogens (tertiary/aromatic N) is 1. The van der Waals surface area contributed by atoms with E-state index in [1.807, 2.05) is 42.5 Å². The number of hydrogen-bond acceptors (Lipinski definition) is 5. The third-order valence-corrected chi connectivity index (χ3v) is 7.88. The first kappa shape index (κ1) is 22.2. The molecule has 6 nitrogen and oxygen atoms in total. The van der Waals surface area contributed by atoms with Crippen LogP contribution < -0.4 is 5.32 Å². The number of benzene rings is 2. The lowest BCUT2D eigenvalue weighted by Gasteiger charge is -2.58. The number of carbonyl (C=O) groups excluding carboxylic acids is 1. The summed E-state index contributed by atoms with van der Waals surface area (Å²) in [5.74, 6) is 0.987. The molecule has 6 heteroatoms. The van der Waals surface area contributed by atoms with Crippen molar-refractivity contribution >= 4 is 6.09 Å². The van der Waals surface area contributed by atoms with Crippen LogP contribution in [-0.4, -0.2) is 52.5 Å². The fourth-order valence-corrected chi connectivity index (χ4v) is 5.94. The van der Waals surface area contributed by atoms with Crippen LogP contribution in [0.2, 0.25) is 0 Å². The molecule has 2 aromatic rings. The first-order valence-corrected chi connectivity index (χ1v) is 12.2. The molecule has 1 saturated heterocycles. The number of ether oxygens (including phenoxy) is 1. The van der Waals surface area contributed by atoms with Crippen molar-refractivity contribution in [1.29, 1.82) is 0 Å². The Morgan fingerprint density at radius 1 is 1.09 bits per heavy atom. The average molecular weight is 451 g/mol. The quantitative estimate of drug-likeness (QED) is 0.621. The predicted octanol–water partition coefficient (Wildman–Crippen LogP) is 3.96. The zero-order chi connectivity index (χ0) is 22.9. The third-order valence-electron chi connectivity index (χ3n) is 7.88. The Bertz CT molecular complexity index is 979. The molecule has 5 rings (SSSR count). The highest BCUT2D eigenvalue weighted by Gasteiger charge is 2.58. The second-order valence-electron chi connectivity index (χ2n) is 10.2. The van der Waals surface area contributed by atoms with E-state index in [4.69, 9.17) is 4.74 Å². The topological polar surface area (TPSA) is 82.0 Å². The molecule has 176 valence electrons. The lowest BCUT2D eigenvalue weighted by atomic mass is 9.55. The van der Waals surface area contributed by atoms with Gasteiger partial charge in [-0.25, -0.2) is 4.79 Å². The largest absolute Gasteiger partial charge is 0.508 e. The van der Waals surface area contributed by atoms with Gasteiger partial charge < -0.3 is 25.2 Å². The van der Waals surface area contributed by atoms with E-state index >= 15 is 0 Å². The summed E-state index contributed by atoms with van der Waals surface area (Å²) in [4.78, 5) is 15.0. The van der Waals surface area contributed by atoms with E-state index in [2.05, 4.69) is 10.2 Å². The number of aromatic hydroxyl groups is 1. The van der Waals surface area contributed by atoms with Crippen LogP contribution >= 0.6 is 0 Å². The van der Waals surface area contributed by atoms with Crippen LogP contribution in [0.25, 0.3) is 0 Å². The van der Waals surface area contributed by atoms with Crippen LogP contribution in [0.3, 0.4) is 0 Å². The number of fused-ring (bicyclic) bond motifs is 1. The van der Waals surface area contributed by atoms with Crippen molar-refractivity contribution in [2.75, 3.05) is 19.6 Å². The van der Waals surface area contributed by atoms with E-state index in [1.165, 1.54) is 12.8 Å². The highest BCUT2D eigenvalue weighted by molar-refractivity contribution is 5.67. The molecule has 3 fully saturated rings. The summed E-state index contributed by atoms with van der Waals surface area (Å²) in [5.41, 5.74) is 0.506. The molecule has 2 aliphatic carbocycles. The van der Waals surface area contributed by atoms with Crippen LogP contribution in [0.15, 0.2) is 54.6 Å². The summed E-state index contributed by atoms with van der Waals surface area (Å²) in [6.07, 6.45) is 4.91. The number of alkyl carbamates (subject to hydrolysis) is 1. The molecule has 2 saturated carbocycles. The van der Waals surface area contributed by atoms with Crippen LogP contribution in [0.1, 0.15) is 49.7 Å². The lowest BCUT2D eigenvalue weighted by molar-refractivity contribution is -0.126. The maximum Gasteiger partial charge on any atom is 0.407 e. The molecule has 3 atom stereocenters. The number of rotatable bonds is 6. The van der Waals surface area contributed by atoms with Crippen molar-refractivity contribution in [1.82, 2.24) is 10.2 Å². The van der Waals surface area contributed by atoms with Crippen molar-refractivity contribution < 1.29 is 19.7 Å². The van der Waals surface area contributed by atoms with E-state index in [9.17, 15) is 15.0 Å². The number of phenolic OH excluding ortho intramolecular Hbond substituents is 1. The molecule has 0 unspecified atom stereocenters. The molecular weight excluding hydrogens is 416 g/mol. The molecule has 33 heavy (non-hydrogen) atoms. The summed E-state index contributed by atoms with van der Waals surface area (Å²) in [6, 6.07) is 16.9. The van der Waals surface area contributed by atoms with E-state index in [0.717, 1.165) is 36.6 Å². The molecule has 1 amide bonds. The minimum atomic E-state index is -0.889. The molecular formula is C27H34N2O4. The lowest BCUT2D eigenvalue weighted by Crippen LogP contribution is -2.67. The van der Waals surface area contributed by atoms with Crippen molar-refractivity contribution in [3.63, 3.8) is 0 Å². The van der Waals surface area contributed by atoms with Gasteiger partial charge in [0, 0.05) is 24.5 Å². The Morgan fingerprint density at radius 2 is 1.91 bits per heavy atom. The summed E-state index contributed by atoms with van der Waals surface area (Å²) in [5, 5.41) is 25.3. The van der Waals surface area contributed by atoms with E-state index < -0.39 is 17.1 Å². The van der Waals surface area contributed by atoms with E-state index in [1.54, 1.807) is 12.1 Å². The van der Waals surface area contributed by atoms with Crippen LogP contribution in [-0.2, 0) is 16.8 Å². The molecule has 0 bridgehead atoms. The molecule has 2 aromatic carbocycles. The molecule has 1 aliphatic heterocycles. The van der Waals surface area contributed by atoms with Gasteiger partial charge in [-0.05, 0) is 74.2 Å². The Balaban J connectivity index is 1.32. The summed E-state index contributed by atoms with van der Waals surface area (Å²) >= 11 is 0. The van der Waals surface area contributed by atoms with Crippen molar-refractivity contribution in [2.45, 2.75) is 62.2 Å². The number of piperidine rings is 1. The Morgan fingerprint density at radius 3 is 2.67 bits per heavy atom. The normalized spacial score (nSPS) is 29.8. The number of β-amino-alcohol motifs (C(OH)–C–C–N with tert-alkyl or cyclic N) is 1. The fourth-order valence-electron chi connectivity index (χ4n) is 5.94. The number of carbonyl (C=O) groups is 1. The standard InChI is InChI=1S/C27H34N2O4/c30-24-8-4-7-22(15-24)26-13-14-29(17-20-9-10-20)19-27(26,32)12-11-23(16-26)28-25(31)33-18-21-5-2-1-3-6-21/h1-8,15,20,23,30,32H,9-14,16-19H2,(H,28,31)/t23-,26+,27+/m1/s1. The van der Waals surface area contributed by atoms with Crippen LogP contribution in [0, 0.1) is 5.92 Å². The maximum atomic E-state index is 12.6. The zero-order valence-corrected chi connectivity index (χ0v) is 19.1. The smallest absolute Gasteiger partial charge is 0.407 e. The number of phenols is 1. The maximum absolute atomic E-state index is 12.6. The highest BCUT2D eigenvalue weighted by atomic mass is 16.5. The summed E-state index contributed by atoms with van der Waals surface area (Å²) in [6.45, 7) is 2.85. The van der Waals surface area contributed by atoms with Gasteiger partial charge in [-0.1, -0.05) is 42.5 Å². The van der Waals surface area contributed by atoms with Gasteiger partial charge in [-0.15, -0.1) is 0 Å². The highest BCUT2D eigenvalue weighted by Crippen LogP contribution is 2.52. The van der Waals surface area contributed by atoms with Gasteiger partial charge in [0.2, 0.25) is 0 Å². The van der Waals surface area contributed by atoms with E-state index in [-0.39, 0.29) is 18.4 Å². The molecule has 0 radical (unpaired) electrons. The molecule has 3 N–H and O–H groups in total. The second-order valence-corrected chi connectivity index (χ2v) is 10.2. The Kier molecular flexibility index (Phi) is 6.06. The van der Waals surface area contributed by atoms with Crippen molar-refractivity contribution in [3.05, 3.63) is 65.7 Å². The van der Waals surface area contributed by atoms with E-state index in [0.29, 0.717) is 25.8 Å². The van der Waals surface area contributed by atoms with Gasteiger partial charge in [0.05, 0.1) is 5.60 Å². The van der Waals surface area contributed by atoms with Gasteiger partial charge in [0.25, 0.3) is 0 Å². The van der Waals surface area contributed by atoms with Gasteiger partial charge in [-0.3, -0.25) is 0 Å². The van der Waals surface area contributed by atoms with Gasteiger partial charge in [0.15, 0.2) is 0 Å². The summed E-state index contributed by atoms with van der Waals surface area (Å²) in [7, 11) is 0. The fraction of sp³-hybridized carbons (Fsp3) is 0.519. The minimum Gasteiger partial charge on any atom is -0.508 e. The number of nitrogens with one attached hydrogen (secondary N) is 1. The van der Waals surface area contributed by atoms with Crippen molar-refractivity contribution in [3.8, 4) is 5.75 Å². The SMILES string of the molecule is O=C(N[C@@H]1CC[C@]2(O)CN(CC3CC3)CC[C@@]2(c2cccc(O)c2)C1)OCc1ccccc1. The number of likely N-dealkylation sites (tertiary alicyclic amines) is 1. The predicted molar refractivity (Wildman–Crippen MR) is 126 cm³/mol. The molecule has 3 aliphatic rings. The second kappa shape index (κ2) is 8.99. The van der Waals surface area contributed by atoms with Gasteiger partial charge in [-0.2, -0.15) is 0 Å². The molecule has 0 spiro atoms. The monoisotopic (exact) mass is 450 g/mol. The first-order valence-electron chi connectivity index (χ1n) is 12.2. The molecule has 0 aromatic heterocycles. The first-order chi connectivity index (χ1) is 16.0. The Hall–Kier alpha value is -2.57. The number of hydrogen-bond donors (Lipinski definition) is 3. The van der Waals surface area contributed by atoms with Crippen molar-refractivity contribution in [2.24, 2.45) is 5.92 Å². The minimum absolute atomic E-state index is 0.0918. The zero-order valence-electron chi connectivity index (χ0n) is 19.1. The summed E-state index contributed by atoms with van der Waals surface area (Å²) < 4.78 is 5.46. The van der Waals surface area contributed by atoms with Gasteiger partial charge >= 0.3 is 6.09 Å². The number of aliphatic hydroxyl groups is 1. The van der Waals surface area contributed by atoms with Crippen LogP contribution in [0.5, 0.6) is 5.75 Å². The molecule has 1 heterocycles. The third kappa shape index (κ3) is 4.73. The van der Waals surface area contributed by atoms with Gasteiger partial charge in [0.1, 0.15) is 12.4 Å². The number of amides is 1. The Labute approximate surface area is 195 Å². The van der Waals surface area contributed by atoms with Crippen LogP contribution in [0.4, 0.5) is 4.79 Å². The average Bonchev–Trinajstić information content (AvgIpc) is 3.63.